The van der Waals surface area contributed by atoms with Crippen molar-refractivity contribution in [2.45, 2.75) is 117 Å². The lowest BCUT2D eigenvalue weighted by molar-refractivity contribution is 0.0686. The summed E-state index contributed by atoms with van der Waals surface area (Å²) in [6.45, 7) is 7.97. The molecule has 0 aliphatic carbocycles. The van der Waals surface area contributed by atoms with Gasteiger partial charge in [-0.25, -0.2) is 9.59 Å². The Kier molecular flexibility index (Phi) is 20.7. The highest BCUT2D eigenvalue weighted by molar-refractivity contribution is 5.87. The van der Waals surface area contributed by atoms with Crippen molar-refractivity contribution in [2.24, 2.45) is 0 Å². The molecule has 2 aromatic carbocycles. The molecule has 0 heterocycles. The van der Waals surface area contributed by atoms with Crippen molar-refractivity contribution in [2.75, 3.05) is 0 Å². The maximum Gasteiger partial charge on any atom is 0.335 e. The predicted molar refractivity (Wildman–Crippen MR) is 155 cm³/mol. The van der Waals surface area contributed by atoms with E-state index in [1.807, 2.05) is 31.2 Å². The van der Waals surface area contributed by atoms with Gasteiger partial charge in [-0.3, -0.25) is 0 Å². The number of rotatable bonds is 15. The normalized spacial score (nSPS) is 11.8. The first kappa shape index (κ1) is 35.3. The Bertz CT molecular complexity index is 793. The molecule has 0 saturated heterocycles. The van der Waals surface area contributed by atoms with Gasteiger partial charge in [0.25, 0.3) is 0 Å². The van der Waals surface area contributed by atoms with Crippen LogP contribution < -0.4 is 0 Å². The standard InChI is InChI=1S/2C13H18O2.C6H14O2/c2*1-2-3-4-5-6-11-7-9-12(10-8-11)13(14)15;1-3-6(8)4-5(2)7/h2*7-10H,2-6H2,1H3,(H,14,15);5-8H,3-4H2,1-2H3. The van der Waals surface area contributed by atoms with Crippen LogP contribution in [0.5, 0.6) is 0 Å². The fourth-order valence-electron chi connectivity index (χ4n) is 3.70. The summed E-state index contributed by atoms with van der Waals surface area (Å²) in [4.78, 5) is 21.2. The molecule has 6 nitrogen and oxygen atoms in total. The van der Waals surface area contributed by atoms with Crippen LogP contribution in [0.1, 0.15) is 124 Å². The molecular formula is C32H50O6. The fraction of sp³-hybridized carbons (Fsp3) is 0.562. The second kappa shape index (κ2) is 22.3. The molecule has 0 spiro atoms. The summed E-state index contributed by atoms with van der Waals surface area (Å²) in [6, 6.07) is 14.4. The fourth-order valence-corrected chi connectivity index (χ4v) is 3.70. The van der Waals surface area contributed by atoms with E-state index in [9.17, 15) is 9.59 Å². The molecule has 0 fully saturated rings. The lowest BCUT2D eigenvalue weighted by atomic mass is 10.0. The van der Waals surface area contributed by atoms with E-state index in [1.54, 1.807) is 31.2 Å². The molecule has 0 bridgehead atoms. The first-order valence-electron chi connectivity index (χ1n) is 14.1. The van der Waals surface area contributed by atoms with Gasteiger partial charge in [-0.15, -0.1) is 0 Å². The molecule has 0 saturated carbocycles. The Morgan fingerprint density at radius 3 is 1.24 bits per heavy atom. The molecule has 0 aliphatic heterocycles. The molecule has 4 N–H and O–H groups in total. The highest BCUT2D eigenvalue weighted by atomic mass is 16.4. The number of carboxylic acid groups (broad SMARTS) is 2. The Morgan fingerprint density at radius 2 is 1.00 bits per heavy atom. The summed E-state index contributed by atoms with van der Waals surface area (Å²) in [5, 5.41) is 35.0. The van der Waals surface area contributed by atoms with Gasteiger partial charge < -0.3 is 20.4 Å². The minimum Gasteiger partial charge on any atom is -0.478 e. The quantitative estimate of drug-likeness (QED) is 0.177. The van der Waals surface area contributed by atoms with Gasteiger partial charge in [-0.05, 0) is 80.8 Å². The average Bonchev–Trinajstić information content (AvgIpc) is 2.90. The van der Waals surface area contributed by atoms with Gasteiger partial charge in [0.15, 0.2) is 0 Å². The van der Waals surface area contributed by atoms with Crippen LogP contribution in [0.4, 0.5) is 0 Å². The lowest BCUT2D eigenvalue weighted by Crippen LogP contribution is -2.13. The molecule has 0 amide bonds. The van der Waals surface area contributed by atoms with E-state index in [-0.39, 0.29) is 12.2 Å². The van der Waals surface area contributed by atoms with Crippen LogP contribution in [0.3, 0.4) is 0 Å². The van der Waals surface area contributed by atoms with Crippen LogP contribution >= 0.6 is 0 Å². The number of aliphatic hydroxyl groups excluding tert-OH is 2. The third-order valence-corrected chi connectivity index (χ3v) is 6.12. The van der Waals surface area contributed by atoms with Crippen LogP contribution in [0.2, 0.25) is 0 Å². The summed E-state index contributed by atoms with van der Waals surface area (Å²) in [5.74, 6) is -1.71. The summed E-state index contributed by atoms with van der Waals surface area (Å²) in [5.41, 5.74) is 3.20. The number of unbranched alkanes of at least 4 members (excludes halogenated alkanes) is 6. The van der Waals surface area contributed by atoms with Gasteiger partial charge in [0.2, 0.25) is 0 Å². The zero-order valence-electron chi connectivity index (χ0n) is 23.9. The Morgan fingerprint density at radius 1 is 0.632 bits per heavy atom. The topological polar surface area (TPSA) is 115 Å². The van der Waals surface area contributed by atoms with Gasteiger partial charge in [0.05, 0.1) is 23.3 Å². The number of carbonyl (C=O) groups is 2. The van der Waals surface area contributed by atoms with Crippen LogP contribution in [0, 0.1) is 0 Å². The Hall–Kier alpha value is -2.70. The van der Waals surface area contributed by atoms with Crippen LogP contribution in [-0.2, 0) is 12.8 Å². The number of benzene rings is 2. The second-order valence-electron chi connectivity index (χ2n) is 9.77. The Balaban J connectivity index is 0.000000569. The van der Waals surface area contributed by atoms with Crippen LogP contribution in [0.25, 0.3) is 0 Å². The molecule has 2 rings (SSSR count). The summed E-state index contributed by atoms with van der Waals surface area (Å²) in [7, 11) is 0. The van der Waals surface area contributed by atoms with Crippen molar-refractivity contribution < 1.29 is 30.0 Å². The van der Waals surface area contributed by atoms with Crippen LogP contribution in [0.15, 0.2) is 48.5 Å². The van der Waals surface area contributed by atoms with Crippen LogP contribution in [-0.4, -0.2) is 44.6 Å². The maximum absolute atomic E-state index is 10.6. The van der Waals surface area contributed by atoms with Gasteiger partial charge in [0, 0.05) is 0 Å². The molecule has 0 radical (unpaired) electrons. The number of hydrogen-bond donors (Lipinski definition) is 4. The molecule has 0 aromatic heterocycles. The molecule has 2 aromatic rings. The lowest BCUT2D eigenvalue weighted by Gasteiger charge is -2.08. The summed E-state index contributed by atoms with van der Waals surface area (Å²) >= 11 is 0. The number of aliphatic hydroxyl groups is 2. The van der Waals surface area contributed by atoms with Crippen molar-refractivity contribution in [3.8, 4) is 0 Å². The van der Waals surface area contributed by atoms with E-state index < -0.39 is 11.9 Å². The third-order valence-electron chi connectivity index (χ3n) is 6.12. The van der Waals surface area contributed by atoms with E-state index in [0.29, 0.717) is 17.5 Å². The van der Waals surface area contributed by atoms with Crippen molar-refractivity contribution in [1.29, 1.82) is 0 Å². The highest BCUT2D eigenvalue weighted by Gasteiger charge is 2.04. The first-order valence-corrected chi connectivity index (χ1v) is 14.1. The second-order valence-corrected chi connectivity index (χ2v) is 9.77. The molecule has 38 heavy (non-hydrogen) atoms. The summed E-state index contributed by atoms with van der Waals surface area (Å²) < 4.78 is 0. The largest absolute Gasteiger partial charge is 0.478 e. The van der Waals surface area contributed by atoms with Crippen molar-refractivity contribution in [3.05, 3.63) is 70.8 Å². The molecule has 2 atom stereocenters. The van der Waals surface area contributed by atoms with Gasteiger partial charge >= 0.3 is 11.9 Å². The number of carboxylic acids is 2. The average molecular weight is 531 g/mol. The van der Waals surface area contributed by atoms with E-state index >= 15 is 0 Å². The number of hydrogen-bond acceptors (Lipinski definition) is 4. The maximum atomic E-state index is 10.6. The number of aryl methyl sites for hydroxylation is 2. The Labute approximate surface area is 229 Å². The van der Waals surface area contributed by atoms with Crippen molar-refractivity contribution in [3.63, 3.8) is 0 Å². The van der Waals surface area contributed by atoms with E-state index in [4.69, 9.17) is 20.4 Å². The third kappa shape index (κ3) is 18.5. The van der Waals surface area contributed by atoms with Crippen molar-refractivity contribution in [1.82, 2.24) is 0 Å². The first-order chi connectivity index (χ1) is 18.1. The van der Waals surface area contributed by atoms with E-state index in [1.165, 1.54) is 62.5 Å². The zero-order chi connectivity index (χ0) is 28.8. The minimum atomic E-state index is -0.854. The SMILES string of the molecule is CCC(O)CC(C)O.CCCCCCc1ccc(C(=O)O)cc1.CCCCCCc1ccc(C(=O)O)cc1. The minimum absolute atomic E-state index is 0.324. The van der Waals surface area contributed by atoms with Gasteiger partial charge in [0.1, 0.15) is 0 Å². The molecule has 214 valence electrons. The van der Waals surface area contributed by atoms with Gasteiger partial charge in [-0.1, -0.05) is 83.6 Å². The molecule has 0 aliphatic rings. The van der Waals surface area contributed by atoms with Gasteiger partial charge in [-0.2, -0.15) is 0 Å². The summed E-state index contributed by atoms with van der Waals surface area (Å²) in [6.07, 6.45) is 12.6. The van der Waals surface area contributed by atoms with Crippen molar-refractivity contribution >= 4 is 11.9 Å². The zero-order valence-corrected chi connectivity index (χ0v) is 23.9. The predicted octanol–water partition coefficient (Wildman–Crippen LogP) is 7.54. The monoisotopic (exact) mass is 530 g/mol. The van der Waals surface area contributed by atoms with E-state index in [2.05, 4.69) is 13.8 Å². The molecule has 2 unspecified atom stereocenters. The highest BCUT2D eigenvalue weighted by Crippen LogP contribution is 2.11. The molecule has 6 heteroatoms. The van der Waals surface area contributed by atoms with E-state index in [0.717, 1.165) is 19.3 Å². The molecular weight excluding hydrogens is 480 g/mol. The number of aromatic carboxylic acids is 2. The smallest absolute Gasteiger partial charge is 0.335 e.